The van der Waals surface area contributed by atoms with E-state index in [0.29, 0.717) is 66.6 Å². The van der Waals surface area contributed by atoms with E-state index in [2.05, 4.69) is 38.2 Å². The maximum Gasteiger partial charge on any atom is 0.273 e. The van der Waals surface area contributed by atoms with Crippen LogP contribution in [0.3, 0.4) is 0 Å². The Hall–Kier alpha value is -4.59. The number of pyridine rings is 2. The first-order chi connectivity index (χ1) is 18.7. The Morgan fingerprint density at radius 1 is 1.38 bits per heavy atom. The number of nitrogens with one attached hydrogen (secondary N) is 1. The van der Waals surface area contributed by atoms with Crippen LogP contribution in [0.15, 0.2) is 52.6 Å². The van der Waals surface area contributed by atoms with Crippen molar-refractivity contribution >= 4 is 23.9 Å². The zero-order valence-corrected chi connectivity index (χ0v) is 22.5. The van der Waals surface area contributed by atoms with Gasteiger partial charge in [-0.3, -0.25) is 9.79 Å². The van der Waals surface area contributed by atoms with Gasteiger partial charge in [0.15, 0.2) is 11.5 Å². The summed E-state index contributed by atoms with van der Waals surface area (Å²) < 4.78 is 21.4. The molecular formula is C28H31FN8O2. The molecule has 0 bridgehead atoms. The molecule has 1 fully saturated rings. The normalized spacial score (nSPS) is 15.6. The molecule has 1 aliphatic rings. The topological polar surface area (TPSA) is 120 Å². The van der Waals surface area contributed by atoms with Crippen LogP contribution in [0.2, 0.25) is 0 Å². The maximum atomic E-state index is 14.2. The van der Waals surface area contributed by atoms with Crippen LogP contribution in [0.5, 0.6) is 5.75 Å². The number of amides is 1. The molecule has 0 saturated carbocycles. The molecule has 39 heavy (non-hydrogen) atoms. The predicted molar refractivity (Wildman–Crippen MR) is 147 cm³/mol. The summed E-state index contributed by atoms with van der Waals surface area (Å²) in [5.41, 5.74) is 2.31. The van der Waals surface area contributed by atoms with Gasteiger partial charge in [0.1, 0.15) is 17.6 Å². The fraction of sp³-hybridized carbons (Fsp3) is 0.357. The number of aromatic nitrogens is 3. The lowest BCUT2D eigenvalue weighted by Crippen LogP contribution is -2.53. The Kier molecular flexibility index (Phi) is 8.04. The molecular weight excluding hydrogens is 499 g/mol. The monoisotopic (exact) mass is 530 g/mol. The molecule has 4 heterocycles. The van der Waals surface area contributed by atoms with Crippen LogP contribution in [-0.4, -0.2) is 63.1 Å². The van der Waals surface area contributed by atoms with Gasteiger partial charge in [-0.25, -0.2) is 18.9 Å². The summed E-state index contributed by atoms with van der Waals surface area (Å²) >= 11 is 0. The largest absolute Gasteiger partial charge is 0.492 e. The molecule has 0 radical (unpaired) electrons. The van der Waals surface area contributed by atoms with Crippen LogP contribution in [0.4, 0.5) is 4.39 Å². The quantitative estimate of drug-likeness (QED) is 0.439. The molecule has 0 unspecified atom stereocenters. The third-order valence-electron chi connectivity index (χ3n) is 6.75. The van der Waals surface area contributed by atoms with Crippen LogP contribution >= 0.6 is 0 Å². The van der Waals surface area contributed by atoms with Crippen molar-refractivity contribution in [1.82, 2.24) is 24.8 Å². The summed E-state index contributed by atoms with van der Waals surface area (Å²) in [5.74, 6) is 0.0314. The molecule has 0 spiro atoms. The highest BCUT2D eigenvalue weighted by molar-refractivity contribution is 6.06. The number of carbonyl (C=O) groups excluding carboxylic acids is 1. The van der Waals surface area contributed by atoms with Gasteiger partial charge >= 0.3 is 0 Å². The standard InChI is InChI=1S/C28H31FN8O2/c1-6-39-21-13-22(26-20(14-30)15-33-37(26)17-21)19(3)32-16-24(31-5)36-11-9-28(4,10-12-36)35-27(38)25-23(29)8-7-18(2)34-25/h7-8,13,15-17H,5-6,9-12H2,1-4H3,(H,35,38)/b24-16+,32-19+. The number of hydrogen-bond acceptors (Lipinski definition) is 8. The van der Waals surface area contributed by atoms with Crippen molar-refractivity contribution in [3.63, 3.8) is 0 Å². The van der Waals surface area contributed by atoms with Gasteiger partial charge in [0.2, 0.25) is 0 Å². The molecule has 3 aromatic rings. The van der Waals surface area contributed by atoms with Crippen LogP contribution in [-0.2, 0) is 0 Å². The van der Waals surface area contributed by atoms with Crippen molar-refractivity contribution in [3.8, 4) is 11.8 Å². The summed E-state index contributed by atoms with van der Waals surface area (Å²) in [6.45, 7) is 12.8. The first kappa shape index (κ1) is 27.4. The van der Waals surface area contributed by atoms with Crippen LogP contribution < -0.4 is 10.1 Å². The Morgan fingerprint density at radius 3 is 2.79 bits per heavy atom. The third kappa shape index (κ3) is 5.95. The minimum atomic E-state index is -0.643. The first-order valence-electron chi connectivity index (χ1n) is 12.6. The van der Waals surface area contributed by atoms with Crippen molar-refractivity contribution < 1.29 is 13.9 Å². The van der Waals surface area contributed by atoms with E-state index in [9.17, 15) is 14.4 Å². The van der Waals surface area contributed by atoms with E-state index in [1.165, 1.54) is 18.3 Å². The molecule has 4 rings (SSSR count). The number of rotatable bonds is 8. The molecule has 0 atom stereocenters. The SMILES string of the molecule is C=N/C(=C\N=C(/C)c1cc(OCC)cn2ncc(C#N)c12)N1CCC(C)(NC(=O)c2nc(C)ccc2F)CC1. The van der Waals surface area contributed by atoms with Crippen molar-refractivity contribution in [1.29, 1.82) is 5.26 Å². The number of likely N-dealkylation sites (tertiary alicyclic amines) is 1. The first-order valence-corrected chi connectivity index (χ1v) is 12.6. The van der Waals surface area contributed by atoms with Gasteiger partial charge in [0.25, 0.3) is 5.91 Å². The van der Waals surface area contributed by atoms with E-state index >= 15 is 0 Å². The number of piperidine rings is 1. The second-order valence-corrected chi connectivity index (χ2v) is 9.63. The molecule has 10 nitrogen and oxygen atoms in total. The second kappa shape index (κ2) is 11.4. The number of halogens is 1. The second-order valence-electron chi connectivity index (χ2n) is 9.63. The van der Waals surface area contributed by atoms with Gasteiger partial charge in [-0.15, -0.1) is 0 Å². The van der Waals surface area contributed by atoms with Crippen molar-refractivity contribution in [2.75, 3.05) is 19.7 Å². The molecule has 1 amide bonds. The average molecular weight is 531 g/mol. The predicted octanol–water partition coefficient (Wildman–Crippen LogP) is 4.04. The van der Waals surface area contributed by atoms with Crippen molar-refractivity contribution in [2.45, 2.75) is 46.1 Å². The summed E-state index contributed by atoms with van der Waals surface area (Å²) in [6.07, 6.45) is 6.11. The zero-order chi connectivity index (χ0) is 28.2. The summed E-state index contributed by atoms with van der Waals surface area (Å²) in [4.78, 5) is 27.7. The van der Waals surface area contributed by atoms with E-state index in [1.807, 2.05) is 31.7 Å². The van der Waals surface area contributed by atoms with E-state index in [4.69, 9.17) is 4.74 Å². The van der Waals surface area contributed by atoms with E-state index in [0.717, 1.165) is 5.56 Å². The highest BCUT2D eigenvalue weighted by Crippen LogP contribution is 2.26. The minimum absolute atomic E-state index is 0.197. The van der Waals surface area contributed by atoms with Crippen LogP contribution in [0.1, 0.15) is 60.9 Å². The smallest absolute Gasteiger partial charge is 0.273 e. The molecule has 1 aliphatic heterocycles. The number of carbonyl (C=O) groups is 1. The molecule has 202 valence electrons. The minimum Gasteiger partial charge on any atom is -0.492 e. The Morgan fingerprint density at radius 2 is 2.13 bits per heavy atom. The fourth-order valence-electron chi connectivity index (χ4n) is 4.53. The lowest BCUT2D eigenvalue weighted by molar-refractivity contribution is 0.0845. The fourth-order valence-corrected chi connectivity index (χ4v) is 4.53. The number of nitriles is 1. The van der Waals surface area contributed by atoms with Crippen molar-refractivity contribution in [2.24, 2.45) is 9.98 Å². The number of aryl methyl sites for hydroxylation is 1. The van der Waals surface area contributed by atoms with E-state index < -0.39 is 17.3 Å². The molecule has 11 heteroatoms. The highest BCUT2D eigenvalue weighted by Gasteiger charge is 2.33. The third-order valence-corrected chi connectivity index (χ3v) is 6.75. The van der Waals surface area contributed by atoms with E-state index in [-0.39, 0.29) is 5.69 Å². The summed E-state index contributed by atoms with van der Waals surface area (Å²) in [5, 5.41) is 16.8. The van der Waals surface area contributed by atoms with Gasteiger partial charge in [0, 0.05) is 35.6 Å². The number of aliphatic imine (C=N–C) groups is 2. The van der Waals surface area contributed by atoms with Crippen molar-refractivity contribution in [3.05, 3.63) is 70.9 Å². The lowest BCUT2D eigenvalue weighted by atomic mass is 9.89. The summed E-state index contributed by atoms with van der Waals surface area (Å²) in [7, 11) is 0. The lowest BCUT2D eigenvalue weighted by Gasteiger charge is -2.40. The molecule has 0 aliphatic carbocycles. The molecule has 0 aromatic carbocycles. The van der Waals surface area contributed by atoms with Gasteiger partial charge in [-0.1, -0.05) is 0 Å². The Bertz CT molecular complexity index is 1510. The van der Waals surface area contributed by atoms with Gasteiger partial charge < -0.3 is 15.0 Å². The highest BCUT2D eigenvalue weighted by atomic mass is 19.1. The maximum absolute atomic E-state index is 14.2. The Labute approximate surface area is 226 Å². The van der Waals surface area contributed by atoms with Gasteiger partial charge in [-0.2, -0.15) is 10.4 Å². The number of fused-ring (bicyclic) bond motifs is 1. The number of nitrogens with zero attached hydrogens (tertiary/aromatic N) is 7. The molecule has 1 N–H and O–H groups in total. The molecule has 3 aromatic heterocycles. The van der Waals surface area contributed by atoms with E-state index in [1.54, 1.807) is 23.8 Å². The zero-order valence-electron chi connectivity index (χ0n) is 22.5. The molecule has 1 saturated heterocycles. The van der Waals surface area contributed by atoms with Gasteiger partial charge in [-0.05, 0) is 65.5 Å². The van der Waals surface area contributed by atoms with Crippen LogP contribution in [0, 0.1) is 24.1 Å². The number of ether oxygens (including phenoxy) is 1. The Balaban J connectivity index is 1.51. The summed E-state index contributed by atoms with van der Waals surface area (Å²) in [6, 6.07) is 6.80. The number of hydrogen-bond donors (Lipinski definition) is 1. The van der Waals surface area contributed by atoms with Gasteiger partial charge in [0.05, 0.1) is 36.3 Å². The average Bonchev–Trinajstić information content (AvgIpc) is 3.34. The van der Waals surface area contributed by atoms with Crippen LogP contribution in [0.25, 0.3) is 5.52 Å².